The summed E-state index contributed by atoms with van der Waals surface area (Å²) in [5.41, 5.74) is -2.74. The summed E-state index contributed by atoms with van der Waals surface area (Å²) in [5, 5.41) is 13.0. The molecule has 220 valence electrons. The lowest BCUT2D eigenvalue weighted by Crippen LogP contribution is -2.59. The van der Waals surface area contributed by atoms with E-state index in [9.17, 15) is 24.3 Å². The molecule has 1 atom stereocenters. The Morgan fingerprint density at radius 1 is 0.821 bits per heavy atom. The van der Waals surface area contributed by atoms with Gasteiger partial charge in [-0.3, -0.25) is 14.9 Å². The first-order chi connectivity index (χ1) is 17.9. The molecule has 0 aliphatic carbocycles. The Morgan fingerprint density at radius 2 is 1.33 bits per heavy atom. The van der Waals surface area contributed by atoms with E-state index in [0.717, 1.165) is 0 Å². The molecule has 39 heavy (non-hydrogen) atoms. The lowest BCUT2D eigenvalue weighted by atomic mass is 10.0. The van der Waals surface area contributed by atoms with Crippen LogP contribution in [0.5, 0.6) is 11.5 Å². The lowest BCUT2D eigenvalue weighted by molar-refractivity contribution is -0.169. The molecular weight excluding hydrogens is 506 g/mol. The number of carbonyl (C=O) groups is 4. The SMILES string of the molecule is CC(C)CCC(=O)Oc1ccc(C[C@](NC(C)C)(OC(=O)OC(C)(C)C)C(=O)O)cc1OC(=O)CCC(C)C. The Balaban J connectivity index is 3.40. The third-order valence-electron chi connectivity index (χ3n) is 5.27. The Labute approximate surface area is 231 Å². The van der Waals surface area contributed by atoms with Gasteiger partial charge >= 0.3 is 24.1 Å². The van der Waals surface area contributed by atoms with Crippen molar-refractivity contribution in [3.63, 3.8) is 0 Å². The maximum absolute atomic E-state index is 12.5. The zero-order chi connectivity index (χ0) is 30.0. The number of carboxylic acid groups (broad SMARTS) is 1. The molecule has 0 heterocycles. The number of hydrogen-bond donors (Lipinski definition) is 2. The number of rotatable bonds is 14. The van der Waals surface area contributed by atoms with E-state index < -0.39 is 41.4 Å². The first-order valence-corrected chi connectivity index (χ1v) is 13.4. The van der Waals surface area contributed by atoms with E-state index in [1.807, 2.05) is 27.7 Å². The van der Waals surface area contributed by atoms with Gasteiger partial charge in [-0.25, -0.2) is 9.59 Å². The fourth-order valence-corrected chi connectivity index (χ4v) is 3.45. The molecule has 0 saturated heterocycles. The molecule has 10 nitrogen and oxygen atoms in total. The standard InChI is InChI=1S/C29H45NO9/c1-18(2)10-14-24(31)36-22-13-12-21(16-23(22)37-25(32)15-11-19(3)4)17-29(26(33)34,30-20(5)6)39-27(35)38-28(7,8)9/h12-13,16,18-20,30H,10-11,14-15,17H2,1-9H3,(H,33,34)/t29-/m0/s1. The van der Waals surface area contributed by atoms with Crippen LogP contribution in [0.15, 0.2) is 18.2 Å². The molecule has 1 aromatic rings. The number of esters is 2. The number of carbonyl (C=O) groups excluding carboxylic acids is 3. The van der Waals surface area contributed by atoms with Gasteiger partial charge < -0.3 is 24.1 Å². The van der Waals surface area contributed by atoms with Gasteiger partial charge in [-0.05, 0) is 77.0 Å². The summed E-state index contributed by atoms with van der Waals surface area (Å²) in [5.74, 6) is -1.85. The van der Waals surface area contributed by atoms with E-state index in [2.05, 4.69) is 5.32 Å². The van der Waals surface area contributed by atoms with Crippen LogP contribution in [0.25, 0.3) is 0 Å². The fourth-order valence-electron chi connectivity index (χ4n) is 3.45. The van der Waals surface area contributed by atoms with Crippen molar-refractivity contribution in [3.8, 4) is 11.5 Å². The Hall–Kier alpha value is -3.14. The molecule has 2 N–H and O–H groups in total. The molecule has 0 spiro atoms. The third kappa shape index (κ3) is 13.0. The summed E-state index contributed by atoms with van der Waals surface area (Å²) in [7, 11) is 0. The number of nitrogens with one attached hydrogen (secondary N) is 1. The smallest absolute Gasteiger partial charge is 0.477 e. The van der Waals surface area contributed by atoms with Gasteiger partial charge in [-0.1, -0.05) is 33.8 Å². The van der Waals surface area contributed by atoms with E-state index in [4.69, 9.17) is 18.9 Å². The van der Waals surface area contributed by atoms with Crippen molar-refractivity contribution in [2.24, 2.45) is 11.8 Å². The zero-order valence-corrected chi connectivity index (χ0v) is 24.7. The topological polar surface area (TPSA) is 137 Å². The quantitative estimate of drug-likeness (QED) is 0.170. The van der Waals surface area contributed by atoms with Gasteiger partial charge in [0.15, 0.2) is 11.5 Å². The van der Waals surface area contributed by atoms with Gasteiger partial charge in [0.25, 0.3) is 5.72 Å². The highest BCUT2D eigenvalue weighted by atomic mass is 16.8. The van der Waals surface area contributed by atoms with Crippen molar-refractivity contribution < 1.29 is 43.2 Å². The average Bonchev–Trinajstić information content (AvgIpc) is 2.76. The molecule has 10 heteroatoms. The van der Waals surface area contributed by atoms with Gasteiger partial charge in [0.1, 0.15) is 5.60 Å². The van der Waals surface area contributed by atoms with Crippen LogP contribution in [0.3, 0.4) is 0 Å². The van der Waals surface area contributed by atoms with E-state index in [1.54, 1.807) is 34.6 Å². The second kappa shape index (κ2) is 14.9. The predicted octanol–water partition coefficient (Wildman–Crippen LogP) is 5.64. The van der Waals surface area contributed by atoms with Crippen molar-refractivity contribution in [2.45, 2.75) is 112 Å². The minimum Gasteiger partial charge on any atom is -0.477 e. The molecular formula is C29H45NO9. The van der Waals surface area contributed by atoms with E-state index in [1.165, 1.54) is 18.2 Å². The van der Waals surface area contributed by atoms with Gasteiger partial charge in [0.05, 0.1) is 0 Å². The second-order valence-electron chi connectivity index (χ2n) is 11.8. The number of aliphatic carboxylic acids is 1. The first-order valence-electron chi connectivity index (χ1n) is 13.4. The average molecular weight is 552 g/mol. The van der Waals surface area contributed by atoms with Gasteiger partial charge in [-0.2, -0.15) is 0 Å². The van der Waals surface area contributed by atoms with Crippen LogP contribution in [-0.2, 0) is 30.3 Å². The summed E-state index contributed by atoms with van der Waals surface area (Å²) in [6, 6.07) is 3.98. The van der Waals surface area contributed by atoms with Crippen LogP contribution in [-0.4, -0.2) is 46.5 Å². The summed E-state index contributed by atoms with van der Waals surface area (Å²) >= 11 is 0. The summed E-state index contributed by atoms with van der Waals surface area (Å²) < 4.78 is 21.6. The van der Waals surface area contributed by atoms with E-state index >= 15 is 0 Å². The van der Waals surface area contributed by atoms with Crippen LogP contribution in [0.2, 0.25) is 0 Å². The van der Waals surface area contributed by atoms with Crippen LogP contribution in [0.4, 0.5) is 4.79 Å². The molecule has 1 aromatic carbocycles. The number of benzene rings is 1. The third-order valence-corrected chi connectivity index (χ3v) is 5.27. The van der Waals surface area contributed by atoms with Crippen LogP contribution in [0, 0.1) is 11.8 Å². The molecule has 0 unspecified atom stereocenters. The second-order valence-corrected chi connectivity index (χ2v) is 11.8. The molecule has 0 aliphatic heterocycles. The van der Waals surface area contributed by atoms with Crippen molar-refractivity contribution in [1.82, 2.24) is 5.32 Å². The highest BCUT2D eigenvalue weighted by Gasteiger charge is 2.45. The molecule has 0 amide bonds. The van der Waals surface area contributed by atoms with E-state index in [-0.39, 0.29) is 36.7 Å². The number of ether oxygens (including phenoxy) is 4. The normalized spacial score (nSPS) is 13.2. The first kappa shape index (κ1) is 33.9. The van der Waals surface area contributed by atoms with Crippen LogP contribution in [0.1, 0.15) is 93.6 Å². The lowest BCUT2D eigenvalue weighted by Gasteiger charge is -2.33. The zero-order valence-electron chi connectivity index (χ0n) is 24.7. The number of carboxylic acids is 1. The largest absolute Gasteiger partial charge is 0.511 e. The minimum atomic E-state index is -2.19. The Kier molecular flexibility index (Phi) is 12.9. The monoisotopic (exact) mass is 551 g/mol. The maximum atomic E-state index is 12.5. The molecule has 0 radical (unpaired) electrons. The highest BCUT2D eigenvalue weighted by molar-refractivity contribution is 5.81. The summed E-state index contributed by atoms with van der Waals surface area (Å²) in [6.45, 7) is 16.2. The van der Waals surface area contributed by atoms with Crippen molar-refractivity contribution in [3.05, 3.63) is 23.8 Å². The molecule has 1 rings (SSSR count). The van der Waals surface area contributed by atoms with Gasteiger partial charge in [0, 0.05) is 25.3 Å². The van der Waals surface area contributed by atoms with Crippen molar-refractivity contribution in [2.75, 3.05) is 0 Å². The van der Waals surface area contributed by atoms with Crippen LogP contribution < -0.4 is 14.8 Å². The molecule has 0 fully saturated rings. The van der Waals surface area contributed by atoms with Crippen molar-refractivity contribution >= 4 is 24.1 Å². The molecule has 0 aliphatic rings. The van der Waals surface area contributed by atoms with Gasteiger partial charge in [-0.15, -0.1) is 0 Å². The highest BCUT2D eigenvalue weighted by Crippen LogP contribution is 2.32. The molecule has 0 aromatic heterocycles. The molecule has 0 bridgehead atoms. The minimum absolute atomic E-state index is 0.0275. The van der Waals surface area contributed by atoms with Gasteiger partial charge in [0.2, 0.25) is 0 Å². The van der Waals surface area contributed by atoms with E-state index in [0.29, 0.717) is 24.3 Å². The Morgan fingerprint density at radius 3 is 1.77 bits per heavy atom. The summed E-state index contributed by atoms with van der Waals surface area (Å²) in [6.07, 6.45) is 0.0751. The summed E-state index contributed by atoms with van der Waals surface area (Å²) in [4.78, 5) is 49.9. The predicted molar refractivity (Wildman–Crippen MR) is 146 cm³/mol. The number of hydrogen-bond acceptors (Lipinski definition) is 9. The fraction of sp³-hybridized carbons (Fsp3) is 0.655. The maximum Gasteiger partial charge on any atom is 0.511 e. The Bertz CT molecular complexity index is 995. The molecule has 0 saturated carbocycles. The van der Waals surface area contributed by atoms with Crippen LogP contribution >= 0.6 is 0 Å². The van der Waals surface area contributed by atoms with Crippen molar-refractivity contribution in [1.29, 1.82) is 0 Å².